The van der Waals surface area contributed by atoms with E-state index in [1.54, 1.807) is 6.07 Å². The zero-order chi connectivity index (χ0) is 20.9. The molecule has 1 aliphatic carbocycles. The SMILES string of the molecule is C[C@H](Nc1cccc(C(=O)NC2CC2)c1)C(=O)N1CCN(Cc2ccccc2)CC1. The minimum Gasteiger partial charge on any atom is -0.374 e. The van der Waals surface area contributed by atoms with E-state index in [9.17, 15) is 9.59 Å². The summed E-state index contributed by atoms with van der Waals surface area (Å²) in [5, 5.41) is 6.27. The molecular weight excluding hydrogens is 376 g/mol. The molecule has 0 spiro atoms. The van der Waals surface area contributed by atoms with Crippen LogP contribution in [0.5, 0.6) is 0 Å². The Labute approximate surface area is 178 Å². The average molecular weight is 407 g/mol. The highest BCUT2D eigenvalue weighted by atomic mass is 16.2. The van der Waals surface area contributed by atoms with E-state index in [2.05, 4.69) is 39.8 Å². The van der Waals surface area contributed by atoms with E-state index in [-0.39, 0.29) is 17.9 Å². The van der Waals surface area contributed by atoms with Crippen LogP contribution in [0.3, 0.4) is 0 Å². The standard InChI is InChI=1S/C24H30N4O2/c1-18(25-22-9-5-8-20(16-22)23(29)26-21-10-11-21)24(30)28-14-12-27(13-15-28)17-19-6-3-2-4-7-19/h2-9,16,18,21,25H,10-15,17H2,1H3,(H,26,29)/t18-/m0/s1. The van der Waals surface area contributed by atoms with Crippen LogP contribution in [0.1, 0.15) is 35.7 Å². The third-order valence-corrected chi connectivity index (χ3v) is 5.72. The molecule has 1 saturated heterocycles. The first-order chi connectivity index (χ1) is 14.6. The maximum Gasteiger partial charge on any atom is 0.251 e. The Morgan fingerprint density at radius 2 is 1.73 bits per heavy atom. The zero-order valence-corrected chi connectivity index (χ0v) is 17.5. The molecule has 0 aromatic heterocycles. The lowest BCUT2D eigenvalue weighted by molar-refractivity contribution is -0.133. The molecular formula is C24H30N4O2. The molecule has 30 heavy (non-hydrogen) atoms. The zero-order valence-electron chi connectivity index (χ0n) is 17.5. The van der Waals surface area contributed by atoms with Crippen LogP contribution in [0.2, 0.25) is 0 Å². The topological polar surface area (TPSA) is 64.7 Å². The van der Waals surface area contributed by atoms with Crippen molar-refractivity contribution in [3.8, 4) is 0 Å². The van der Waals surface area contributed by atoms with E-state index in [1.807, 2.05) is 36.1 Å². The third-order valence-electron chi connectivity index (χ3n) is 5.72. The molecule has 2 aromatic rings. The van der Waals surface area contributed by atoms with Gasteiger partial charge in [-0.15, -0.1) is 0 Å². The van der Waals surface area contributed by atoms with E-state index in [1.165, 1.54) is 5.56 Å². The highest BCUT2D eigenvalue weighted by molar-refractivity contribution is 5.95. The molecule has 2 aromatic carbocycles. The number of nitrogens with one attached hydrogen (secondary N) is 2. The summed E-state index contributed by atoms with van der Waals surface area (Å²) in [5.41, 5.74) is 2.72. The fourth-order valence-corrected chi connectivity index (χ4v) is 3.80. The van der Waals surface area contributed by atoms with Crippen molar-refractivity contribution in [1.82, 2.24) is 15.1 Å². The van der Waals surface area contributed by atoms with Crippen LogP contribution in [0.25, 0.3) is 0 Å². The van der Waals surface area contributed by atoms with Crippen LogP contribution in [-0.4, -0.2) is 59.9 Å². The maximum atomic E-state index is 12.9. The number of carbonyl (C=O) groups excluding carboxylic acids is 2. The van der Waals surface area contributed by atoms with Crippen LogP contribution >= 0.6 is 0 Å². The molecule has 2 fully saturated rings. The lowest BCUT2D eigenvalue weighted by Crippen LogP contribution is -2.51. The number of piperazine rings is 1. The van der Waals surface area contributed by atoms with Gasteiger partial charge in [-0.05, 0) is 43.5 Å². The summed E-state index contributed by atoms with van der Waals surface area (Å²) in [5.74, 6) is 0.0527. The number of nitrogens with zero attached hydrogens (tertiary/aromatic N) is 2. The van der Waals surface area contributed by atoms with Gasteiger partial charge in [-0.3, -0.25) is 14.5 Å². The summed E-state index contributed by atoms with van der Waals surface area (Å²) in [4.78, 5) is 29.5. The molecule has 2 N–H and O–H groups in total. The second-order valence-corrected chi connectivity index (χ2v) is 8.28. The quantitative estimate of drug-likeness (QED) is 0.742. The molecule has 0 bridgehead atoms. The predicted octanol–water partition coefficient (Wildman–Crippen LogP) is 2.72. The second kappa shape index (κ2) is 9.30. The number of rotatable bonds is 7. The van der Waals surface area contributed by atoms with E-state index in [4.69, 9.17) is 0 Å². The van der Waals surface area contributed by atoms with Gasteiger partial charge in [-0.2, -0.15) is 0 Å². The number of hydrogen-bond donors (Lipinski definition) is 2. The molecule has 0 unspecified atom stereocenters. The molecule has 1 atom stereocenters. The molecule has 6 nitrogen and oxygen atoms in total. The van der Waals surface area contributed by atoms with Gasteiger partial charge >= 0.3 is 0 Å². The fraction of sp³-hybridized carbons (Fsp3) is 0.417. The van der Waals surface area contributed by atoms with Gasteiger partial charge in [0.25, 0.3) is 5.91 Å². The smallest absolute Gasteiger partial charge is 0.251 e. The molecule has 2 amide bonds. The van der Waals surface area contributed by atoms with Crippen molar-refractivity contribution < 1.29 is 9.59 Å². The summed E-state index contributed by atoms with van der Waals surface area (Å²) < 4.78 is 0. The van der Waals surface area contributed by atoms with Crippen molar-refractivity contribution in [2.24, 2.45) is 0 Å². The molecule has 0 radical (unpaired) electrons. The fourth-order valence-electron chi connectivity index (χ4n) is 3.80. The van der Waals surface area contributed by atoms with Gasteiger partial charge in [-0.25, -0.2) is 0 Å². The summed E-state index contributed by atoms with van der Waals surface area (Å²) in [6.45, 7) is 6.04. The monoisotopic (exact) mass is 406 g/mol. The van der Waals surface area contributed by atoms with Crippen molar-refractivity contribution in [2.45, 2.75) is 38.4 Å². The van der Waals surface area contributed by atoms with Crippen molar-refractivity contribution in [1.29, 1.82) is 0 Å². The Morgan fingerprint density at radius 1 is 1.00 bits per heavy atom. The highest BCUT2D eigenvalue weighted by Crippen LogP contribution is 2.20. The molecule has 1 saturated carbocycles. The van der Waals surface area contributed by atoms with Crippen LogP contribution in [0, 0.1) is 0 Å². The van der Waals surface area contributed by atoms with Gasteiger partial charge in [-0.1, -0.05) is 36.4 Å². The molecule has 1 aliphatic heterocycles. The summed E-state index contributed by atoms with van der Waals surface area (Å²) in [6, 6.07) is 17.8. The van der Waals surface area contributed by atoms with E-state index in [0.29, 0.717) is 11.6 Å². The Hall–Kier alpha value is -2.86. The van der Waals surface area contributed by atoms with Crippen LogP contribution < -0.4 is 10.6 Å². The van der Waals surface area contributed by atoms with E-state index >= 15 is 0 Å². The number of hydrogen-bond acceptors (Lipinski definition) is 4. The largest absolute Gasteiger partial charge is 0.374 e. The lowest BCUT2D eigenvalue weighted by atomic mass is 10.1. The van der Waals surface area contributed by atoms with E-state index < -0.39 is 0 Å². The normalized spacial score (nSPS) is 18.0. The molecule has 2 aliphatic rings. The van der Waals surface area contributed by atoms with Gasteiger partial charge in [0.1, 0.15) is 6.04 Å². The Bertz CT molecular complexity index is 874. The number of carbonyl (C=O) groups is 2. The molecule has 4 rings (SSSR count). The Balaban J connectivity index is 1.27. The summed E-state index contributed by atoms with van der Waals surface area (Å²) in [6.07, 6.45) is 2.13. The first-order valence-corrected chi connectivity index (χ1v) is 10.8. The Morgan fingerprint density at radius 3 is 2.43 bits per heavy atom. The summed E-state index contributed by atoms with van der Waals surface area (Å²) >= 11 is 0. The first-order valence-electron chi connectivity index (χ1n) is 10.8. The predicted molar refractivity (Wildman–Crippen MR) is 118 cm³/mol. The maximum absolute atomic E-state index is 12.9. The number of anilines is 1. The lowest BCUT2D eigenvalue weighted by Gasteiger charge is -2.36. The van der Waals surface area contributed by atoms with Crippen molar-refractivity contribution in [2.75, 3.05) is 31.5 Å². The van der Waals surface area contributed by atoms with Gasteiger partial charge in [0, 0.05) is 50.0 Å². The van der Waals surface area contributed by atoms with Crippen LogP contribution in [0.15, 0.2) is 54.6 Å². The molecule has 1 heterocycles. The van der Waals surface area contributed by atoms with E-state index in [0.717, 1.165) is 51.3 Å². The third kappa shape index (κ3) is 5.39. The minimum atomic E-state index is -0.340. The van der Waals surface area contributed by atoms with Gasteiger partial charge in [0.2, 0.25) is 5.91 Å². The van der Waals surface area contributed by atoms with Crippen molar-refractivity contribution in [3.05, 3.63) is 65.7 Å². The van der Waals surface area contributed by atoms with Crippen molar-refractivity contribution >= 4 is 17.5 Å². The van der Waals surface area contributed by atoms with Gasteiger partial charge in [0.05, 0.1) is 0 Å². The van der Waals surface area contributed by atoms with Crippen LogP contribution in [-0.2, 0) is 11.3 Å². The van der Waals surface area contributed by atoms with Crippen molar-refractivity contribution in [3.63, 3.8) is 0 Å². The average Bonchev–Trinajstić information content (AvgIpc) is 3.59. The van der Waals surface area contributed by atoms with Gasteiger partial charge < -0.3 is 15.5 Å². The Kier molecular flexibility index (Phi) is 6.33. The first kappa shape index (κ1) is 20.4. The molecule has 158 valence electrons. The van der Waals surface area contributed by atoms with Crippen LogP contribution in [0.4, 0.5) is 5.69 Å². The number of benzene rings is 2. The second-order valence-electron chi connectivity index (χ2n) is 8.28. The summed E-state index contributed by atoms with van der Waals surface area (Å²) in [7, 11) is 0. The molecule has 6 heteroatoms. The number of amides is 2. The van der Waals surface area contributed by atoms with Gasteiger partial charge in [0.15, 0.2) is 0 Å². The highest BCUT2D eigenvalue weighted by Gasteiger charge is 2.26. The minimum absolute atomic E-state index is 0.0466.